The molecular formula is C9H16N2S. The molecule has 12 heavy (non-hydrogen) atoms. The maximum Gasteiger partial charge on any atom is 0.177 e. The molecule has 0 atom stereocenters. The fourth-order valence-electron chi connectivity index (χ4n) is 1.49. The third-order valence-corrected chi connectivity index (χ3v) is 2.52. The molecule has 0 bridgehead atoms. The Bertz CT molecular complexity index is 294. The Labute approximate surface area is 78.6 Å². The van der Waals surface area contributed by atoms with E-state index in [0.29, 0.717) is 6.04 Å². The van der Waals surface area contributed by atoms with Crippen LogP contribution in [0.1, 0.15) is 38.4 Å². The van der Waals surface area contributed by atoms with Crippen LogP contribution < -0.4 is 0 Å². The second-order valence-corrected chi connectivity index (χ2v) is 3.51. The molecule has 68 valence electrons. The molecule has 0 aliphatic heterocycles. The maximum atomic E-state index is 5.19. The maximum absolute atomic E-state index is 5.19. The first-order chi connectivity index (χ1) is 5.69. The third kappa shape index (κ3) is 1.78. The Morgan fingerprint density at radius 1 is 1.50 bits per heavy atom. The summed E-state index contributed by atoms with van der Waals surface area (Å²) in [5.41, 5.74) is 1.15. The van der Waals surface area contributed by atoms with Gasteiger partial charge in [0.25, 0.3) is 0 Å². The van der Waals surface area contributed by atoms with Gasteiger partial charge in [-0.3, -0.25) is 0 Å². The molecule has 0 fully saturated rings. The average molecular weight is 184 g/mol. The second kappa shape index (κ2) is 3.90. The van der Waals surface area contributed by atoms with E-state index in [-0.39, 0.29) is 0 Å². The van der Waals surface area contributed by atoms with E-state index in [4.69, 9.17) is 12.2 Å². The van der Waals surface area contributed by atoms with Crippen molar-refractivity contribution in [2.45, 2.75) is 39.7 Å². The van der Waals surface area contributed by atoms with E-state index in [1.54, 1.807) is 0 Å². The molecule has 0 amide bonds. The molecule has 0 radical (unpaired) electrons. The van der Waals surface area contributed by atoms with Crippen molar-refractivity contribution in [1.82, 2.24) is 9.55 Å². The number of aromatic amines is 1. The van der Waals surface area contributed by atoms with Gasteiger partial charge in [-0.25, -0.2) is 0 Å². The van der Waals surface area contributed by atoms with E-state index in [9.17, 15) is 0 Å². The standard InChI is InChI=1S/C9H16N2S/c1-4-8(5-2)11-6-7(3)10-9(11)12/h6,8H,4-5H2,1-3H3,(H,10,12). The summed E-state index contributed by atoms with van der Waals surface area (Å²) in [7, 11) is 0. The summed E-state index contributed by atoms with van der Waals surface area (Å²) >= 11 is 5.19. The SMILES string of the molecule is CCC(CC)n1cc(C)[nH]c1=S. The molecular weight excluding hydrogens is 168 g/mol. The van der Waals surface area contributed by atoms with Crippen molar-refractivity contribution in [3.63, 3.8) is 0 Å². The van der Waals surface area contributed by atoms with Crippen LogP contribution in [0.4, 0.5) is 0 Å². The van der Waals surface area contributed by atoms with Crippen LogP contribution in [0.5, 0.6) is 0 Å². The van der Waals surface area contributed by atoms with Crippen LogP contribution in [0.15, 0.2) is 6.20 Å². The van der Waals surface area contributed by atoms with Gasteiger partial charge in [0.05, 0.1) is 0 Å². The minimum atomic E-state index is 0.558. The first kappa shape index (κ1) is 9.52. The highest BCUT2D eigenvalue weighted by molar-refractivity contribution is 7.71. The molecule has 1 rings (SSSR count). The van der Waals surface area contributed by atoms with Gasteiger partial charge in [0.2, 0.25) is 0 Å². The van der Waals surface area contributed by atoms with Crippen LogP contribution in [0.3, 0.4) is 0 Å². The first-order valence-electron chi connectivity index (χ1n) is 4.46. The Morgan fingerprint density at radius 3 is 2.42 bits per heavy atom. The molecule has 0 aliphatic rings. The number of aryl methyl sites for hydroxylation is 1. The quantitative estimate of drug-likeness (QED) is 0.715. The molecule has 0 spiro atoms. The Morgan fingerprint density at radius 2 is 2.08 bits per heavy atom. The molecule has 3 heteroatoms. The Kier molecular flexibility index (Phi) is 3.09. The Hall–Kier alpha value is -0.570. The monoisotopic (exact) mass is 184 g/mol. The summed E-state index contributed by atoms with van der Waals surface area (Å²) in [5.74, 6) is 0. The lowest BCUT2D eigenvalue weighted by Gasteiger charge is -2.13. The topological polar surface area (TPSA) is 20.7 Å². The van der Waals surface area contributed by atoms with Crippen LogP contribution in [0, 0.1) is 11.7 Å². The molecule has 0 aromatic carbocycles. The van der Waals surface area contributed by atoms with Crippen LogP contribution in [-0.2, 0) is 0 Å². The fourth-order valence-corrected chi connectivity index (χ4v) is 1.85. The number of nitrogens with one attached hydrogen (secondary N) is 1. The summed E-state index contributed by atoms with van der Waals surface area (Å²) in [4.78, 5) is 3.13. The van der Waals surface area contributed by atoms with Crippen molar-refractivity contribution < 1.29 is 0 Å². The highest BCUT2D eigenvalue weighted by Gasteiger charge is 2.06. The molecule has 0 saturated heterocycles. The lowest BCUT2D eigenvalue weighted by molar-refractivity contribution is 0.466. The highest BCUT2D eigenvalue weighted by Crippen LogP contribution is 2.16. The number of H-pyrrole nitrogens is 1. The molecule has 0 unspecified atom stereocenters. The minimum Gasteiger partial charge on any atom is -0.335 e. The van der Waals surface area contributed by atoms with E-state index in [0.717, 1.165) is 23.3 Å². The van der Waals surface area contributed by atoms with Crippen LogP contribution >= 0.6 is 12.2 Å². The van der Waals surface area contributed by atoms with Gasteiger partial charge >= 0.3 is 0 Å². The third-order valence-electron chi connectivity index (χ3n) is 2.21. The van der Waals surface area contributed by atoms with Crippen molar-refractivity contribution in [1.29, 1.82) is 0 Å². The molecule has 1 N–H and O–H groups in total. The van der Waals surface area contributed by atoms with E-state index >= 15 is 0 Å². The number of nitrogens with zero attached hydrogens (tertiary/aromatic N) is 1. The molecule has 0 aliphatic carbocycles. The fraction of sp³-hybridized carbons (Fsp3) is 0.667. The Balaban J connectivity index is 3.00. The van der Waals surface area contributed by atoms with Gasteiger partial charge in [-0.2, -0.15) is 0 Å². The van der Waals surface area contributed by atoms with E-state index in [2.05, 4.69) is 29.6 Å². The number of aromatic nitrogens is 2. The van der Waals surface area contributed by atoms with Crippen LogP contribution in [0.25, 0.3) is 0 Å². The number of rotatable bonds is 3. The molecule has 1 aromatic heterocycles. The highest BCUT2D eigenvalue weighted by atomic mass is 32.1. The molecule has 0 saturated carbocycles. The van der Waals surface area contributed by atoms with Gasteiger partial charge in [-0.05, 0) is 32.0 Å². The van der Waals surface area contributed by atoms with E-state index in [1.165, 1.54) is 0 Å². The molecule has 2 nitrogen and oxygen atoms in total. The zero-order valence-electron chi connectivity index (χ0n) is 7.92. The van der Waals surface area contributed by atoms with Crippen LogP contribution in [-0.4, -0.2) is 9.55 Å². The summed E-state index contributed by atoms with van der Waals surface area (Å²) < 4.78 is 3.01. The van der Waals surface area contributed by atoms with E-state index in [1.807, 2.05) is 6.92 Å². The molecule has 1 heterocycles. The molecule has 1 aromatic rings. The van der Waals surface area contributed by atoms with Crippen molar-refractivity contribution in [3.05, 3.63) is 16.7 Å². The second-order valence-electron chi connectivity index (χ2n) is 3.12. The largest absolute Gasteiger partial charge is 0.335 e. The average Bonchev–Trinajstić information content (AvgIpc) is 2.34. The lowest BCUT2D eigenvalue weighted by Crippen LogP contribution is -2.05. The predicted octanol–water partition coefficient (Wildman–Crippen LogP) is 3.22. The normalized spacial score (nSPS) is 11.0. The number of hydrogen-bond donors (Lipinski definition) is 1. The zero-order chi connectivity index (χ0) is 9.14. The van der Waals surface area contributed by atoms with Crippen LogP contribution in [0.2, 0.25) is 0 Å². The minimum absolute atomic E-state index is 0.558. The summed E-state index contributed by atoms with van der Waals surface area (Å²) in [6.07, 6.45) is 4.38. The summed E-state index contributed by atoms with van der Waals surface area (Å²) in [6, 6.07) is 0.558. The number of imidazole rings is 1. The van der Waals surface area contributed by atoms with Crippen molar-refractivity contribution in [2.75, 3.05) is 0 Å². The predicted molar refractivity (Wildman–Crippen MR) is 54.0 cm³/mol. The van der Waals surface area contributed by atoms with Crippen molar-refractivity contribution in [3.8, 4) is 0 Å². The summed E-state index contributed by atoms with van der Waals surface area (Å²) in [6.45, 7) is 6.42. The van der Waals surface area contributed by atoms with Crippen molar-refractivity contribution >= 4 is 12.2 Å². The van der Waals surface area contributed by atoms with Gasteiger partial charge in [0.1, 0.15) is 0 Å². The summed E-state index contributed by atoms with van der Waals surface area (Å²) in [5, 5.41) is 0. The lowest BCUT2D eigenvalue weighted by atomic mass is 10.2. The zero-order valence-corrected chi connectivity index (χ0v) is 8.74. The van der Waals surface area contributed by atoms with Gasteiger partial charge < -0.3 is 9.55 Å². The van der Waals surface area contributed by atoms with Gasteiger partial charge in [-0.15, -0.1) is 0 Å². The van der Waals surface area contributed by atoms with Gasteiger partial charge in [-0.1, -0.05) is 13.8 Å². The van der Waals surface area contributed by atoms with Gasteiger partial charge in [0, 0.05) is 17.9 Å². The number of hydrogen-bond acceptors (Lipinski definition) is 1. The van der Waals surface area contributed by atoms with Gasteiger partial charge in [0.15, 0.2) is 4.77 Å². The smallest absolute Gasteiger partial charge is 0.177 e. The first-order valence-corrected chi connectivity index (χ1v) is 4.87. The van der Waals surface area contributed by atoms with E-state index < -0.39 is 0 Å². The van der Waals surface area contributed by atoms with Crippen molar-refractivity contribution in [2.24, 2.45) is 0 Å².